The van der Waals surface area contributed by atoms with Gasteiger partial charge in [0.2, 0.25) is 0 Å². The first kappa shape index (κ1) is 19.2. The summed E-state index contributed by atoms with van der Waals surface area (Å²) >= 11 is 0. The summed E-state index contributed by atoms with van der Waals surface area (Å²) in [5, 5.41) is 3.00. The van der Waals surface area contributed by atoms with Crippen molar-refractivity contribution in [3.05, 3.63) is 60.2 Å². The molecule has 1 saturated heterocycles. The average Bonchev–Trinajstić information content (AvgIpc) is 2.71. The number of carbonyl (C=O) groups is 1. The number of nitrogens with one attached hydrogen (secondary N) is 1. The van der Waals surface area contributed by atoms with Gasteiger partial charge < -0.3 is 15.0 Å². The molecule has 1 heterocycles. The van der Waals surface area contributed by atoms with Crippen LogP contribution < -0.4 is 10.1 Å². The zero-order valence-electron chi connectivity index (χ0n) is 16.1. The number of hydrogen-bond donors (Lipinski definition) is 1. The minimum Gasteiger partial charge on any atom is -0.492 e. The zero-order valence-corrected chi connectivity index (χ0v) is 16.1. The summed E-state index contributed by atoms with van der Waals surface area (Å²) in [6, 6.07) is 18.0. The van der Waals surface area contributed by atoms with Crippen molar-refractivity contribution in [2.75, 3.05) is 44.6 Å². The van der Waals surface area contributed by atoms with Crippen LogP contribution in [0.3, 0.4) is 0 Å². The molecule has 1 N–H and O–H groups in total. The Morgan fingerprint density at radius 1 is 1.00 bits per heavy atom. The number of nitrogens with zero attached hydrogens (tertiary/aromatic N) is 2. The Morgan fingerprint density at radius 2 is 1.70 bits per heavy atom. The maximum absolute atomic E-state index is 12.5. The van der Waals surface area contributed by atoms with Crippen LogP contribution in [-0.2, 0) is 6.42 Å². The number of aryl methyl sites for hydroxylation is 1. The second kappa shape index (κ2) is 9.97. The highest BCUT2D eigenvalue weighted by atomic mass is 16.5. The standard InChI is InChI=1S/C22H29N3O2/c1-2-6-19-9-11-20(12-10-19)23-22(26)25-15-13-24(14-16-25)17-18-27-21-7-4-3-5-8-21/h3-5,7-12H,2,6,13-18H2,1H3,(H,23,26). The Kier molecular flexibility index (Phi) is 7.11. The highest BCUT2D eigenvalue weighted by molar-refractivity contribution is 5.89. The number of benzene rings is 2. The van der Waals surface area contributed by atoms with Crippen molar-refractivity contribution >= 4 is 11.7 Å². The van der Waals surface area contributed by atoms with Gasteiger partial charge in [0.05, 0.1) is 0 Å². The molecule has 5 heteroatoms. The summed E-state index contributed by atoms with van der Waals surface area (Å²) in [6.45, 7) is 6.95. The highest BCUT2D eigenvalue weighted by Gasteiger charge is 2.20. The van der Waals surface area contributed by atoms with Crippen molar-refractivity contribution < 1.29 is 9.53 Å². The molecule has 0 saturated carbocycles. The molecule has 0 atom stereocenters. The van der Waals surface area contributed by atoms with Gasteiger partial charge in [0.1, 0.15) is 12.4 Å². The van der Waals surface area contributed by atoms with E-state index in [0.717, 1.165) is 57.0 Å². The smallest absolute Gasteiger partial charge is 0.321 e. The lowest BCUT2D eigenvalue weighted by Gasteiger charge is -2.34. The fraction of sp³-hybridized carbons (Fsp3) is 0.409. The Balaban J connectivity index is 1.37. The molecule has 0 bridgehead atoms. The summed E-state index contributed by atoms with van der Waals surface area (Å²) in [4.78, 5) is 16.7. The number of carbonyl (C=O) groups excluding carboxylic acids is 1. The number of ether oxygens (including phenoxy) is 1. The molecular formula is C22H29N3O2. The lowest BCUT2D eigenvalue weighted by Crippen LogP contribution is -2.50. The molecule has 2 aromatic rings. The molecule has 27 heavy (non-hydrogen) atoms. The molecule has 144 valence electrons. The van der Waals surface area contributed by atoms with Gasteiger partial charge >= 0.3 is 6.03 Å². The van der Waals surface area contributed by atoms with Gasteiger partial charge in [-0.05, 0) is 36.2 Å². The van der Waals surface area contributed by atoms with E-state index < -0.39 is 0 Å². The van der Waals surface area contributed by atoms with Crippen LogP contribution in [-0.4, -0.2) is 55.2 Å². The van der Waals surface area contributed by atoms with Gasteiger partial charge in [0.15, 0.2) is 0 Å². The Hall–Kier alpha value is -2.53. The molecule has 2 amide bonds. The molecule has 0 unspecified atom stereocenters. The third-order valence-electron chi connectivity index (χ3n) is 4.82. The average molecular weight is 367 g/mol. The second-order valence-corrected chi connectivity index (χ2v) is 6.87. The second-order valence-electron chi connectivity index (χ2n) is 6.87. The van der Waals surface area contributed by atoms with Crippen molar-refractivity contribution in [1.82, 2.24) is 9.80 Å². The number of urea groups is 1. The van der Waals surface area contributed by atoms with Crippen LogP contribution in [0.4, 0.5) is 10.5 Å². The molecule has 1 aliphatic rings. The Labute approximate surface area is 161 Å². The number of para-hydroxylation sites is 1. The first-order valence-corrected chi connectivity index (χ1v) is 9.79. The Bertz CT molecular complexity index is 695. The van der Waals surface area contributed by atoms with E-state index in [2.05, 4.69) is 29.3 Å². The number of hydrogen-bond acceptors (Lipinski definition) is 3. The van der Waals surface area contributed by atoms with E-state index in [1.54, 1.807) is 0 Å². The van der Waals surface area contributed by atoms with E-state index >= 15 is 0 Å². The van der Waals surface area contributed by atoms with E-state index in [4.69, 9.17) is 4.74 Å². The van der Waals surface area contributed by atoms with Gasteiger partial charge in [-0.15, -0.1) is 0 Å². The first-order valence-electron chi connectivity index (χ1n) is 9.79. The summed E-state index contributed by atoms with van der Waals surface area (Å²) in [5.41, 5.74) is 2.17. The van der Waals surface area contributed by atoms with Gasteiger partial charge in [0.25, 0.3) is 0 Å². The van der Waals surface area contributed by atoms with Crippen LogP contribution in [0.1, 0.15) is 18.9 Å². The predicted octanol–water partition coefficient (Wildman–Crippen LogP) is 3.87. The fourth-order valence-electron chi connectivity index (χ4n) is 3.23. The lowest BCUT2D eigenvalue weighted by atomic mass is 10.1. The molecule has 0 radical (unpaired) electrons. The summed E-state index contributed by atoms with van der Waals surface area (Å²) in [7, 11) is 0. The van der Waals surface area contributed by atoms with Crippen molar-refractivity contribution in [2.24, 2.45) is 0 Å². The summed E-state index contributed by atoms with van der Waals surface area (Å²) in [5.74, 6) is 0.903. The monoisotopic (exact) mass is 367 g/mol. The third-order valence-corrected chi connectivity index (χ3v) is 4.82. The molecular weight excluding hydrogens is 338 g/mol. The van der Waals surface area contributed by atoms with Crippen LogP contribution in [0.2, 0.25) is 0 Å². The van der Waals surface area contributed by atoms with E-state index in [-0.39, 0.29) is 6.03 Å². The van der Waals surface area contributed by atoms with Crippen molar-refractivity contribution in [1.29, 1.82) is 0 Å². The predicted molar refractivity (Wildman–Crippen MR) is 109 cm³/mol. The minimum atomic E-state index is -0.0153. The van der Waals surface area contributed by atoms with Gasteiger partial charge in [-0.3, -0.25) is 4.90 Å². The maximum Gasteiger partial charge on any atom is 0.321 e. The molecule has 0 aliphatic carbocycles. The number of amides is 2. The molecule has 1 fully saturated rings. The van der Waals surface area contributed by atoms with Crippen LogP contribution >= 0.6 is 0 Å². The first-order chi connectivity index (χ1) is 13.2. The summed E-state index contributed by atoms with van der Waals surface area (Å²) in [6.07, 6.45) is 2.20. The lowest BCUT2D eigenvalue weighted by molar-refractivity contribution is 0.132. The van der Waals surface area contributed by atoms with Crippen molar-refractivity contribution in [2.45, 2.75) is 19.8 Å². The minimum absolute atomic E-state index is 0.0153. The van der Waals surface area contributed by atoms with Crippen molar-refractivity contribution in [3.63, 3.8) is 0 Å². The van der Waals surface area contributed by atoms with Crippen LogP contribution in [0.15, 0.2) is 54.6 Å². The third kappa shape index (κ3) is 6.00. The maximum atomic E-state index is 12.5. The van der Waals surface area contributed by atoms with Crippen LogP contribution in [0, 0.1) is 0 Å². The van der Waals surface area contributed by atoms with Gasteiger partial charge in [-0.1, -0.05) is 43.7 Å². The number of anilines is 1. The highest BCUT2D eigenvalue weighted by Crippen LogP contribution is 2.13. The van der Waals surface area contributed by atoms with E-state index in [1.807, 2.05) is 47.4 Å². The van der Waals surface area contributed by atoms with Gasteiger partial charge in [-0.25, -0.2) is 4.79 Å². The van der Waals surface area contributed by atoms with Crippen LogP contribution in [0.25, 0.3) is 0 Å². The van der Waals surface area contributed by atoms with Crippen molar-refractivity contribution in [3.8, 4) is 5.75 Å². The topological polar surface area (TPSA) is 44.8 Å². The molecule has 0 aromatic heterocycles. The largest absolute Gasteiger partial charge is 0.492 e. The van der Waals surface area contributed by atoms with E-state index in [9.17, 15) is 4.79 Å². The van der Waals surface area contributed by atoms with E-state index in [1.165, 1.54) is 5.56 Å². The normalized spacial score (nSPS) is 14.8. The zero-order chi connectivity index (χ0) is 18.9. The molecule has 3 rings (SSSR count). The van der Waals surface area contributed by atoms with E-state index in [0.29, 0.717) is 6.61 Å². The van der Waals surface area contributed by atoms with Gasteiger partial charge in [0, 0.05) is 38.4 Å². The quantitative estimate of drug-likeness (QED) is 0.808. The molecule has 0 spiro atoms. The van der Waals surface area contributed by atoms with Gasteiger partial charge in [-0.2, -0.15) is 0 Å². The molecule has 5 nitrogen and oxygen atoms in total. The van der Waals surface area contributed by atoms with Crippen LogP contribution in [0.5, 0.6) is 5.75 Å². The number of rotatable bonds is 7. The summed E-state index contributed by atoms with van der Waals surface area (Å²) < 4.78 is 5.75. The number of piperazine rings is 1. The fourth-order valence-corrected chi connectivity index (χ4v) is 3.23. The molecule has 1 aliphatic heterocycles. The molecule has 2 aromatic carbocycles. The Morgan fingerprint density at radius 3 is 2.37 bits per heavy atom. The SMILES string of the molecule is CCCc1ccc(NC(=O)N2CCN(CCOc3ccccc3)CC2)cc1.